The summed E-state index contributed by atoms with van der Waals surface area (Å²) in [6.07, 6.45) is 3.52. The van der Waals surface area contributed by atoms with Gasteiger partial charge in [-0.3, -0.25) is 4.98 Å². The van der Waals surface area contributed by atoms with Crippen LogP contribution in [0.1, 0.15) is 19.5 Å². The molecule has 0 fully saturated rings. The van der Waals surface area contributed by atoms with Gasteiger partial charge in [-0.1, -0.05) is 0 Å². The van der Waals surface area contributed by atoms with Crippen LogP contribution in [0.15, 0.2) is 12.4 Å². The molecule has 1 aromatic rings. The van der Waals surface area contributed by atoms with E-state index in [-0.39, 0.29) is 0 Å². The van der Waals surface area contributed by atoms with E-state index in [0.29, 0.717) is 12.6 Å². The zero-order valence-electron chi connectivity index (χ0n) is 11.2. The molecule has 1 atom stereocenters. The second kappa shape index (κ2) is 6.51. The lowest BCUT2D eigenvalue weighted by Crippen LogP contribution is -2.40. The monoisotopic (exact) mass is 237 g/mol. The van der Waals surface area contributed by atoms with Crippen LogP contribution in [-0.4, -0.2) is 48.1 Å². The van der Waals surface area contributed by atoms with Crippen LogP contribution in [0, 0.1) is 0 Å². The maximum Gasteiger partial charge on any atom is 0.147 e. The first-order valence-electron chi connectivity index (χ1n) is 6.00. The van der Waals surface area contributed by atoms with Gasteiger partial charge < -0.3 is 15.5 Å². The van der Waals surface area contributed by atoms with Crippen LogP contribution in [0.2, 0.25) is 0 Å². The van der Waals surface area contributed by atoms with Gasteiger partial charge >= 0.3 is 0 Å². The van der Waals surface area contributed by atoms with E-state index in [4.69, 9.17) is 5.73 Å². The predicted molar refractivity (Wildman–Crippen MR) is 71.0 cm³/mol. The Hall–Kier alpha value is -1.20. The van der Waals surface area contributed by atoms with Crippen LogP contribution >= 0.6 is 0 Å². The van der Waals surface area contributed by atoms with Gasteiger partial charge in [0.25, 0.3) is 0 Å². The number of hydrogen-bond donors (Lipinski definition) is 1. The number of aromatic nitrogens is 2. The summed E-state index contributed by atoms with van der Waals surface area (Å²) in [6, 6.07) is 0.400. The lowest BCUT2D eigenvalue weighted by Gasteiger charge is -2.30. The molecule has 1 rings (SSSR count). The van der Waals surface area contributed by atoms with Crippen molar-refractivity contribution in [2.75, 3.05) is 32.1 Å². The fourth-order valence-electron chi connectivity index (χ4n) is 1.96. The number of likely N-dealkylation sites (N-methyl/N-ethyl adjacent to an activating group) is 2. The number of nitrogens with zero attached hydrogens (tertiary/aromatic N) is 4. The summed E-state index contributed by atoms with van der Waals surface area (Å²) in [7, 11) is 4.15. The Balaban J connectivity index is 2.84. The quantitative estimate of drug-likeness (QED) is 0.789. The Bertz CT molecular complexity index is 339. The van der Waals surface area contributed by atoms with Crippen LogP contribution in [0.25, 0.3) is 0 Å². The first-order valence-corrected chi connectivity index (χ1v) is 6.00. The van der Waals surface area contributed by atoms with Gasteiger partial charge in [0, 0.05) is 31.9 Å². The molecule has 1 unspecified atom stereocenters. The van der Waals surface area contributed by atoms with E-state index in [0.717, 1.165) is 24.6 Å². The highest BCUT2D eigenvalue weighted by molar-refractivity contribution is 5.37. The molecule has 0 amide bonds. The van der Waals surface area contributed by atoms with Crippen molar-refractivity contribution >= 4 is 5.82 Å². The fourth-order valence-corrected chi connectivity index (χ4v) is 1.96. The van der Waals surface area contributed by atoms with Gasteiger partial charge in [0.05, 0.1) is 11.9 Å². The summed E-state index contributed by atoms with van der Waals surface area (Å²) in [6.45, 7) is 6.66. The van der Waals surface area contributed by atoms with Crippen molar-refractivity contribution in [3.8, 4) is 0 Å². The Morgan fingerprint density at radius 3 is 2.59 bits per heavy atom. The topological polar surface area (TPSA) is 58.3 Å². The van der Waals surface area contributed by atoms with E-state index in [1.54, 1.807) is 12.4 Å². The average molecular weight is 237 g/mol. The van der Waals surface area contributed by atoms with Crippen LogP contribution in [-0.2, 0) is 6.54 Å². The standard InChI is InChI=1S/C12H23N5/c1-5-17(10(2)9-16(3)4)12-8-14-7-11(6-13)15-12/h7-8,10H,5-6,9,13H2,1-4H3. The Morgan fingerprint density at radius 2 is 2.06 bits per heavy atom. The second-order valence-electron chi connectivity index (χ2n) is 4.47. The zero-order valence-corrected chi connectivity index (χ0v) is 11.2. The van der Waals surface area contributed by atoms with Crippen molar-refractivity contribution in [1.29, 1.82) is 0 Å². The first-order chi connectivity index (χ1) is 8.08. The van der Waals surface area contributed by atoms with Gasteiger partial charge in [-0.2, -0.15) is 0 Å². The molecular formula is C12H23N5. The van der Waals surface area contributed by atoms with E-state index >= 15 is 0 Å². The third-order valence-electron chi connectivity index (χ3n) is 2.68. The third-order valence-corrected chi connectivity index (χ3v) is 2.68. The molecule has 0 aliphatic heterocycles. The minimum Gasteiger partial charge on any atom is -0.352 e. The van der Waals surface area contributed by atoms with Crippen molar-refractivity contribution in [3.05, 3.63) is 18.1 Å². The molecule has 0 spiro atoms. The summed E-state index contributed by atoms with van der Waals surface area (Å²) >= 11 is 0. The van der Waals surface area contributed by atoms with Gasteiger partial charge in [-0.25, -0.2) is 4.98 Å². The highest BCUT2D eigenvalue weighted by Crippen LogP contribution is 2.13. The minimum atomic E-state index is 0.400. The Kier molecular flexibility index (Phi) is 5.31. The van der Waals surface area contributed by atoms with E-state index < -0.39 is 0 Å². The molecule has 0 saturated heterocycles. The van der Waals surface area contributed by atoms with Gasteiger partial charge in [0.1, 0.15) is 5.82 Å². The molecule has 0 aliphatic carbocycles. The number of hydrogen-bond acceptors (Lipinski definition) is 5. The molecule has 0 radical (unpaired) electrons. The highest BCUT2D eigenvalue weighted by Gasteiger charge is 2.15. The Labute approximate surface area is 104 Å². The lowest BCUT2D eigenvalue weighted by atomic mass is 10.2. The predicted octanol–water partition coefficient (Wildman–Crippen LogP) is 0.712. The molecule has 0 saturated carbocycles. The van der Waals surface area contributed by atoms with Crippen molar-refractivity contribution in [1.82, 2.24) is 14.9 Å². The average Bonchev–Trinajstić information content (AvgIpc) is 2.29. The second-order valence-corrected chi connectivity index (χ2v) is 4.47. The molecule has 0 aliphatic rings. The van der Waals surface area contributed by atoms with Crippen molar-refractivity contribution < 1.29 is 0 Å². The molecule has 96 valence electrons. The van der Waals surface area contributed by atoms with E-state index in [2.05, 4.69) is 47.7 Å². The molecule has 17 heavy (non-hydrogen) atoms. The molecular weight excluding hydrogens is 214 g/mol. The first kappa shape index (κ1) is 13.9. The maximum absolute atomic E-state index is 5.59. The molecule has 1 aromatic heterocycles. The van der Waals surface area contributed by atoms with E-state index in [1.165, 1.54) is 0 Å². The van der Waals surface area contributed by atoms with Crippen molar-refractivity contribution in [3.63, 3.8) is 0 Å². The third kappa shape index (κ3) is 3.94. The Morgan fingerprint density at radius 1 is 1.35 bits per heavy atom. The van der Waals surface area contributed by atoms with Crippen LogP contribution < -0.4 is 10.6 Å². The van der Waals surface area contributed by atoms with E-state index in [9.17, 15) is 0 Å². The molecule has 1 heterocycles. The summed E-state index contributed by atoms with van der Waals surface area (Å²) in [5.74, 6) is 0.907. The molecule has 5 heteroatoms. The molecule has 5 nitrogen and oxygen atoms in total. The van der Waals surface area contributed by atoms with Gasteiger partial charge in [0.2, 0.25) is 0 Å². The summed E-state index contributed by atoms with van der Waals surface area (Å²) in [5, 5.41) is 0. The smallest absolute Gasteiger partial charge is 0.147 e. The van der Waals surface area contributed by atoms with Gasteiger partial charge in [-0.05, 0) is 27.9 Å². The molecule has 0 bridgehead atoms. The van der Waals surface area contributed by atoms with Gasteiger partial charge in [-0.15, -0.1) is 0 Å². The SMILES string of the molecule is CCN(c1cncc(CN)n1)C(C)CN(C)C. The lowest BCUT2D eigenvalue weighted by molar-refractivity contribution is 0.372. The zero-order chi connectivity index (χ0) is 12.8. The summed E-state index contributed by atoms with van der Waals surface area (Å²) in [5.41, 5.74) is 6.42. The van der Waals surface area contributed by atoms with Crippen LogP contribution in [0.4, 0.5) is 5.82 Å². The van der Waals surface area contributed by atoms with Crippen molar-refractivity contribution in [2.24, 2.45) is 5.73 Å². The van der Waals surface area contributed by atoms with Crippen molar-refractivity contribution in [2.45, 2.75) is 26.4 Å². The highest BCUT2D eigenvalue weighted by atomic mass is 15.2. The molecule has 2 N–H and O–H groups in total. The molecule has 0 aromatic carbocycles. The maximum atomic E-state index is 5.59. The minimum absolute atomic E-state index is 0.400. The summed E-state index contributed by atoms with van der Waals surface area (Å²) in [4.78, 5) is 13.1. The largest absolute Gasteiger partial charge is 0.352 e. The number of rotatable bonds is 6. The van der Waals surface area contributed by atoms with Gasteiger partial charge in [0.15, 0.2) is 0 Å². The fraction of sp³-hybridized carbons (Fsp3) is 0.667. The van der Waals surface area contributed by atoms with E-state index in [1.807, 2.05) is 0 Å². The normalized spacial score (nSPS) is 12.8. The van der Waals surface area contributed by atoms with Crippen LogP contribution in [0.5, 0.6) is 0 Å². The van der Waals surface area contributed by atoms with Crippen LogP contribution in [0.3, 0.4) is 0 Å². The number of anilines is 1. The summed E-state index contributed by atoms with van der Waals surface area (Å²) < 4.78 is 0. The number of nitrogens with two attached hydrogens (primary N) is 1.